The van der Waals surface area contributed by atoms with E-state index < -0.39 is 0 Å². The predicted octanol–water partition coefficient (Wildman–Crippen LogP) is 3.22. The van der Waals surface area contributed by atoms with Crippen LogP contribution in [0.5, 0.6) is 0 Å². The first-order valence-corrected chi connectivity index (χ1v) is 7.56. The third-order valence-corrected chi connectivity index (χ3v) is 3.79. The molecular formula is C16H13BrN4O. The van der Waals surface area contributed by atoms with E-state index in [-0.39, 0.29) is 0 Å². The van der Waals surface area contributed by atoms with Crippen molar-refractivity contribution in [3.05, 3.63) is 52.3 Å². The molecule has 110 valence electrons. The lowest BCUT2D eigenvalue weighted by Crippen LogP contribution is -1.98. The summed E-state index contributed by atoms with van der Waals surface area (Å²) in [6.45, 7) is 0.547. The summed E-state index contributed by atoms with van der Waals surface area (Å²) in [6.07, 6.45) is 0.612. The molecule has 3 rings (SSSR count). The van der Waals surface area contributed by atoms with E-state index >= 15 is 0 Å². The molecule has 0 atom stereocenters. The standard InChI is InChI=1S/C16H13BrN4O/c1-22-8-7-15-19-16-12(10-18)5-6-14(21(16)20-15)11-3-2-4-13(17)9-11/h2-6,9H,7-8H2,1H3. The van der Waals surface area contributed by atoms with Crippen molar-refractivity contribution in [3.8, 4) is 17.3 Å². The van der Waals surface area contributed by atoms with Crippen molar-refractivity contribution in [1.82, 2.24) is 14.6 Å². The Morgan fingerprint density at radius 2 is 2.18 bits per heavy atom. The molecule has 0 spiro atoms. The number of pyridine rings is 1. The minimum atomic E-state index is 0.509. The average Bonchev–Trinajstić information content (AvgIpc) is 2.95. The van der Waals surface area contributed by atoms with Gasteiger partial charge in [0.1, 0.15) is 6.07 Å². The maximum atomic E-state index is 9.26. The summed E-state index contributed by atoms with van der Waals surface area (Å²) in [5.74, 6) is 0.667. The number of nitriles is 1. The fourth-order valence-electron chi connectivity index (χ4n) is 2.26. The molecule has 0 aliphatic rings. The quantitative estimate of drug-likeness (QED) is 0.719. The number of aromatic nitrogens is 3. The van der Waals surface area contributed by atoms with Gasteiger partial charge in [0.15, 0.2) is 11.5 Å². The molecule has 2 heterocycles. The van der Waals surface area contributed by atoms with Crippen molar-refractivity contribution in [1.29, 1.82) is 5.26 Å². The van der Waals surface area contributed by atoms with Crippen molar-refractivity contribution >= 4 is 21.6 Å². The molecule has 0 unspecified atom stereocenters. The van der Waals surface area contributed by atoms with Crippen LogP contribution in [-0.4, -0.2) is 28.3 Å². The van der Waals surface area contributed by atoms with E-state index in [9.17, 15) is 5.26 Å². The molecule has 0 aliphatic carbocycles. The largest absolute Gasteiger partial charge is 0.384 e. The van der Waals surface area contributed by atoms with E-state index in [2.05, 4.69) is 32.1 Å². The summed E-state index contributed by atoms with van der Waals surface area (Å²) in [6, 6.07) is 13.8. The number of ether oxygens (including phenoxy) is 1. The molecule has 0 aliphatic heterocycles. The molecule has 0 saturated heterocycles. The van der Waals surface area contributed by atoms with Crippen molar-refractivity contribution in [2.24, 2.45) is 0 Å². The summed E-state index contributed by atoms with van der Waals surface area (Å²) in [5, 5.41) is 13.8. The van der Waals surface area contributed by atoms with Gasteiger partial charge in [0.05, 0.1) is 17.9 Å². The molecule has 0 fully saturated rings. The zero-order valence-corrected chi connectivity index (χ0v) is 13.5. The smallest absolute Gasteiger partial charge is 0.174 e. The summed E-state index contributed by atoms with van der Waals surface area (Å²) >= 11 is 3.48. The Balaban J connectivity index is 2.19. The third-order valence-electron chi connectivity index (χ3n) is 3.30. The van der Waals surface area contributed by atoms with E-state index in [4.69, 9.17) is 4.74 Å². The van der Waals surface area contributed by atoms with E-state index in [0.717, 1.165) is 15.7 Å². The first kappa shape index (κ1) is 14.7. The Bertz CT molecular complexity index is 866. The fourth-order valence-corrected chi connectivity index (χ4v) is 2.66. The van der Waals surface area contributed by atoms with Crippen molar-refractivity contribution < 1.29 is 4.74 Å². The molecule has 0 saturated carbocycles. The van der Waals surface area contributed by atoms with Crippen LogP contribution in [0, 0.1) is 11.3 Å². The van der Waals surface area contributed by atoms with E-state index in [1.54, 1.807) is 17.7 Å². The van der Waals surface area contributed by atoms with Crippen LogP contribution >= 0.6 is 15.9 Å². The number of fused-ring (bicyclic) bond motifs is 1. The highest BCUT2D eigenvalue weighted by molar-refractivity contribution is 9.10. The molecule has 5 nitrogen and oxygen atoms in total. The van der Waals surface area contributed by atoms with Crippen molar-refractivity contribution in [2.75, 3.05) is 13.7 Å². The molecule has 1 aromatic carbocycles. The Morgan fingerprint density at radius 1 is 1.32 bits per heavy atom. The number of halogens is 1. The SMILES string of the molecule is COCCc1nc2c(C#N)ccc(-c3cccc(Br)c3)n2n1. The number of methoxy groups -OCH3 is 1. The topological polar surface area (TPSA) is 63.2 Å². The molecular weight excluding hydrogens is 344 g/mol. The Labute approximate surface area is 136 Å². The van der Waals surface area contributed by atoms with Crippen LogP contribution in [0.2, 0.25) is 0 Å². The van der Waals surface area contributed by atoms with Gasteiger partial charge >= 0.3 is 0 Å². The minimum absolute atomic E-state index is 0.509. The number of hydrogen-bond donors (Lipinski definition) is 0. The van der Waals surface area contributed by atoms with Crippen LogP contribution < -0.4 is 0 Å². The van der Waals surface area contributed by atoms with E-state index in [1.807, 2.05) is 30.3 Å². The summed E-state index contributed by atoms with van der Waals surface area (Å²) in [7, 11) is 1.64. The van der Waals surface area contributed by atoms with Crippen LogP contribution in [-0.2, 0) is 11.2 Å². The highest BCUT2D eigenvalue weighted by atomic mass is 79.9. The molecule has 0 radical (unpaired) electrons. The average molecular weight is 357 g/mol. The van der Waals surface area contributed by atoms with Crippen LogP contribution in [0.25, 0.3) is 16.9 Å². The molecule has 3 aromatic rings. The highest BCUT2D eigenvalue weighted by Crippen LogP contribution is 2.24. The summed E-state index contributed by atoms with van der Waals surface area (Å²) < 4.78 is 7.78. The molecule has 2 aromatic heterocycles. The summed E-state index contributed by atoms with van der Waals surface area (Å²) in [5.41, 5.74) is 2.99. The van der Waals surface area contributed by atoms with Gasteiger partial charge < -0.3 is 4.74 Å². The zero-order valence-electron chi connectivity index (χ0n) is 12.0. The van der Waals surface area contributed by atoms with Gasteiger partial charge in [0, 0.05) is 23.6 Å². The van der Waals surface area contributed by atoms with E-state index in [0.29, 0.717) is 30.1 Å². The van der Waals surface area contributed by atoms with Gasteiger partial charge in [-0.3, -0.25) is 0 Å². The van der Waals surface area contributed by atoms with Gasteiger partial charge in [-0.25, -0.2) is 9.50 Å². The number of nitrogens with zero attached hydrogens (tertiary/aromatic N) is 4. The van der Waals surface area contributed by atoms with Crippen molar-refractivity contribution in [3.63, 3.8) is 0 Å². The van der Waals surface area contributed by atoms with Crippen molar-refractivity contribution in [2.45, 2.75) is 6.42 Å². The van der Waals surface area contributed by atoms with Gasteiger partial charge in [-0.15, -0.1) is 0 Å². The third kappa shape index (κ3) is 2.73. The fraction of sp³-hybridized carbons (Fsp3) is 0.188. The van der Waals surface area contributed by atoms with Gasteiger partial charge in [-0.1, -0.05) is 28.1 Å². The lowest BCUT2D eigenvalue weighted by Gasteiger charge is -2.05. The Kier molecular flexibility index (Phi) is 4.18. The molecule has 22 heavy (non-hydrogen) atoms. The monoisotopic (exact) mass is 356 g/mol. The lowest BCUT2D eigenvalue weighted by atomic mass is 10.1. The number of benzene rings is 1. The molecule has 0 N–H and O–H groups in total. The summed E-state index contributed by atoms with van der Waals surface area (Å²) in [4.78, 5) is 4.47. The molecule has 0 bridgehead atoms. The van der Waals surface area contributed by atoms with Gasteiger partial charge in [0.25, 0.3) is 0 Å². The van der Waals surface area contributed by atoms with Gasteiger partial charge in [0.2, 0.25) is 0 Å². The first-order valence-electron chi connectivity index (χ1n) is 6.76. The predicted molar refractivity (Wildman–Crippen MR) is 86.4 cm³/mol. The number of hydrogen-bond acceptors (Lipinski definition) is 4. The Hall–Kier alpha value is -2.23. The molecule has 0 amide bonds. The second-order valence-corrected chi connectivity index (χ2v) is 5.68. The number of rotatable bonds is 4. The second kappa shape index (κ2) is 6.26. The molecule has 6 heteroatoms. The zero-order chi connectivity index (χ0) is 15.5. The normalized spacial score (nSPS) is 10.8. The van der Waals surface area contributed by atoms with Crippen LogP contribution in [0.4, 0.5) is 0 Å². The lowest BCUT2D eigenvalue weighted by molar-refractivity contribution is 0.200. The first-order chi connectivity index (χ1) is 10.7. The second-order valence-electron chi connectivity index (χ2n) is 4.76. The van der Waals surface area contributed by atoms with Gasteiger partial charge in [-0.05, 0) is 24.3 Å². The van der Waals surface area contributed by atoms with E-state index in [1.165, 1.54) is 0 Å². The van der Waals surface area contributed by atoms with Crippen LogP contribution in [0.15, 0.2) is 40.9 Å². The maximum Gasteiger partial charge on any atom is 0.174 e. The van der Waals surface area contributed by atoms with Crippen LogP contribution in [0.1, 0.15) is 11.4 Å². The van der Waals surface area contributed by atoms with Crippen LogP contribution in [0.3, 0.4) is 0 Å². The maximum absolute atomic E-state index is 9.26. The Morgan fingerprint density at radius 3 is 2.91 bits per heavy atom. The minimum Gasteiger partial charge on any atom is -0.384 e. The van der Waals surface area contributed by atoms with Gasteiger partial charge in [-0.2, -0.15) is 10.4 Å². The highest BCUT2D eigenvalue weighted by Gasteiger charge is 2.13.